The summed E-state index contributed by atoms with van der Waals surface area (Å²) < 4.78 is 0. The van der Waals surface area contributed by atoms with E-state index < -0.39 is 18.0 Å². The molecule has 2 aromatic carbocycles. The molecular weight excluding hydrogens is 400 g/mol. The van der Waals surface area contributed by atoms with Gasteiger partial charge in [0.1, 0.15) is 0 Å². The molecule has 4 N–H and O–H groups in total. The van der Waals surface area contributed by atoms with Crippen molar-refractivity contribution in [3.63, 3.8) is 0 Å². The molecule has 0 bridgehead atoms. The predicted molar refractivity (Wildman–Crippen MR) is 131 cm³/mol. The fourth-order valence-electron chi connectivity index (χ4n) is 4.76. The minimum Gasteiger partial charge on any atom is -0.390 e. The third kappa shape index (κ3) is 6.41. The maximum Gasteiger partial charge on any atom is 0.178 e. The lowest BCUT2D eigenvalue weighted by atomic mass is 9.70. The highest BCUT2D eigenvalue weighted by Gasteiger charge is 2.35. The zero-order valence-electron chi connectivity index (χ0n) is 20.2. The highest BCUT2D eigenvalue weighted by Crippen LogP contribution is 2.38. The van der Waals surface area contributed by atoms with Crippen molar-refractivity contribution in [2.75, 3.05) is 0 Å². The van der Waals surface area contributed by atoms with Gasteiger partial charge >= 0.3 is 0 Å². The smallest absolute Gasteiger partial charge is 0.178 e. The summed E-state index contributed by atoms with van der Waals surface area (Å²) >= 11 is 0. The van der Waals surface area contributed by atoms with Gasteiger partial charge in [-0.1, -0.05) is 76.2 Å². The summed E-state index contributed by atoms with van der Waals surface area (Å²) in [6.07, 6.45) is 4.18. The molecular formula is C28H42O4. The molecule has 0 amide bonds. The number of rotatable bonds is 13. The van der Waals surface area contributed by atoms with Gasteiger partial charge in [0.15, 0.2) is 6.29 Å². The molecule has 0 aliphatic heterocycles. The van der Waals surface area contributed by atoms with Crippen LogP contribution in [0.1, 0.15) is 94.8 Å². The number of benzene rings is 2. The Morgan fingerprint density at radius 3 is 1.88 bits per heavy atom. The lowest BCUT2D eigenvalue weighted by Crippen LogP contribution is -2.42. The monoisotopic (exact) mass is 442 g/mol. The van der Waals surface area contributed by atoms with Crippen LogP contribution in [0.25, 0.3) is 0 Å². The van der Waals surface area contributed by atoms with E-state index in [9.17, 15) is 20.4 Å². The lowest BCUT2D eigenvalue weighted by Gasteiger charge is -2.37. The maximum atomic E-state index is 10.7. The molecule has 2 rings (SSSR count). The summed E-state index contributed by atoms with van der Waals surface area (Å²) in [6.45, 7) is 8.29. The van der Waals surface area contributed by atoms with Crippen molar-refractivity contribution < 1.29 is 20.4 Å². The van der Waals surface area contributed by atoms with Crippen molar-refractivity contribution in [1.82, 2.24) is 0 Å². The second-order valence-electron chi connectivity index (χ2n) is 9.17. The molecule has 0 spiro atoms. The first-order valence-corrected chi connectivity index (χ1v) is 12.2. The van der Waals surface area contributed by atoms with E-state index in [-0.39, 0.29) is 5.41 Å². The van der Waals surface area contributed by atoms with Crippen molar-refractivity contribution in [1.29, 1.82) is 0 Å². The van der Waals surface area contributed by atoms with E-state index in [0.29, 0.717) is 24.8 Å². The first-order chi connectivity index (χ1) is 15.2. The summed E-state index contributed by atoms with van der Waals surface area (Å²) in [5.41, 5.74) is 3.24. The Hall–Kier alpha value is -1.72. The molecule has 0 saturated heterocycles. The van der Waals surface area contributed by atoms with Crippen LogP contribution < -0.4 is 0 Å². The quantitative estimate of drug-likeness (QED) is 0.321. The van der Waals surface area contributed by atoms with Gasteiger partial charge in [0.05, 0.1) is 11.7 Å². The number of aryl methyl sites for hydroxylation is 2. The predicted octanol–water partition coefficient (Wildman–Crippen LogP) is 5.21. The van der Waals surface area contributed by atoms with Crippen LogP contribution in [-0.4, -0.2) is 32.1 Å². The number of aliphatic hydroxyl groups is 4. The van der Waals surface area contributed by atoms with Crippen molar-refractivity contribution in [2.24, 2.45) is 0 Å². The van der Waals surface area contributed by atoms with Crippen molar-refractivity contribution in [2.45, 2.75) is 102 Å². The highest BCUT2D eigenvalue weighted by atomic mass is 16.5. The Morgan fingerprint density at radius 1 is 0.750 bits per heavy atom. The first kappa shape index (κ1) is 26.5. The van der Waals surface area contributed by atoms with Gasteiger partial charge in [0.25, 0.3) is 0 Å². The fourth-order valence-corrected chi connectivity index (χ4v) is 4.76. The minimum absolute atomic E-state index is 0.0156. The maximum absolute atomic E-state index is 10.7. The molecule has 4 nitrogen and oxygen atoms in total. The van der Waals surface area contributed by atoms with E-state index in [4.69, 9.17) is 0 Å². The van der Waals surface area contributed by atoms with Crippen molar-refractivity contribution in [3.8, 4) is 0 Å². The topological polar surface area (TPSA) is 80.9 Å². The van der Waals surface area contributed by atoms with E-state index in [2.05, 4.69) is 38.1 Å². The molecule has 0 radical (unpaired) electrons. The van der Waals surface area contributed by atoms with Gasteiger partial charge in [-0.2, -0.15) is 0 Å². The zero-order chi connectivity index (χ0) is 23.8. The Morgan fingerprint density at radius 2 is 1.34 bits per heavy atom. The molecule has 0 saturated carbocycles. The van der Waals surface area contributed by atoms with Gasteiger partial charge in [0, 0.05) is 5.56 Å². The molecule has 2 aromatic rings. The third-order valence-electron chi connectivity index (χ3n) is 7.61. The van der Waals surface area contributed by atoms with Crippen LogP contribution in [0, 0.1) is 0 Å². The van der Waals surface area contributed by atoms with Crippen LogP contribution in [0.5, 0.6) is 0 Å². The van der Waals surface area contributed by atoms with Gasteiger partial charge in [-0.05, 0) is 73.5 Å². The summed E-state index contributed by atoms with van der Waals surface area (Å²) in [6, 6.07) is 16.2. The molecule has 0 aromatic heterocycles. The van der Waals surface area contributed by atoms with E-state index in [1.807, 2.05) is 26.0 Å². The number of hydrogen-bond donors (Lipinski definition) is 4. The summed E-state index contributed by atoms with van der Waals surface area (Å²) in [7, 11) is 0. The van der Waals surface area contributed by atoms with Crippen LogP contribution in [0.2, 0.25) is 0 Å². The van der Waals surface area contributed by atoms with E-state index >= 15 is 0 Å². The number of hydrogen-bond acceptors (Lipinski definition) is 4. The summed E-state index contributed by atoms with van der Waals surface area (Å²) in [4.78, 5) is 0. The second-order valence-corrected chi connectivity index (χ2v) is 9.17. The van der Waals surface area contributed by atoms with Gasteiger partial charge < -0.3 is 20.4 Å². The molecule has 4 heteroatoms. The van der Waals surface area contributed by atoms with E-state index in [0.717, 1.165) is 32.1 Å². The molecule has 178 valence electrons. The zero-order valence-corrected chi connectivity index (χ0v) is 20.2. The Kier molecular flexibility index (Phi) is 9.90. The van der Waals surface area contributed by atoms with E-state index in [1.54, 1.807) is 12.1 Å². The molecule has 0 heterocycles. The van der Waals surface area contributed by atoms with Gasteiger partial charge in [-0.15, -0.1) is 0 Å². The SMILES string of the molecule is CCC(CC)(CCC(O)C(O)(CC)CC)c1cccc(CCc2ccc(C(O)O)cc2)c1. The van der Waals surface area contributed by atoms with Crippen LogP contribution in [0.3, 0.4) is 0 Å². The third-order valence-corrected chi connectivity index (χ3v) is 7.61. The summed E-state index contributed by atoms with van der Waals surface area (Å²) in [5.74, 6) is 0. The number of aliphatic hydroxyl groups excluding tert-OH is 2. The van der Waals surface area contributed by atoms with Gasteiger partial charge in [-0.25, -0.2) is 0 Å². The molecule has 0 aliphatic carbocycles. The molecule has 0 fully saturated rings. The molecule has 1 unspecified atom stereocenters. The summed E-state index contributed by atoms with van der Waals surface area (Å²) in [5, 5.41) is 39.9. The Bertz CT molecular complexity index is 804. The van der Waals surface area contributed by atoms with E-state index in [1.165, 1.54) is 16.7 Å². The fraction of sp³-hybridized carbons (Fsp3) is 0.571. The largest absolute Gasteiger partial charge is 0.390 e. The molecule has 0 aliphatic rings. The Balaban J connectivity index is 2.12. The second kappa shape index (κ2) is 11.9. The normalized spacial score (nSPS) is 13.5. The minimum atomic E-state index is -1.43. The van der Waals surface area contributed by atoms with Crippen molar-refractivity contribution in [3.05, 3.63) is 70.8 Å². The highest BCUT2D eigenvalue weighted by molar-refractivity contribution is 5.32. The first-order valence-electron chi connectivity index (χ1n) is 12.2. The average molecular weight is 443 g/mol. The van der Waals surface area contributed by atoms with Crippen LogP contribution >= 0.6 is 0 Å². The standard InChI is InChI=1S/C28H42O4/c1-5-27(6-2,19-18-25(29)28(32,7-3)8-4)24-11-9-10-22(20-24)13-12-21-14-16-23(17-15-21)26(30)31/h9-11,14-17,20,25-26,29-32H,5-8,12-13,18-19H2,1-4H3. The van der Waals surface area contributed by atoms with Crippen LogP contribution in [-0.2, 0) is 18.3 Å². The van der Waals surface area contributed by atoms with Gasteiger partial charge in [0.2, 0.25) is 0 Å². The van der Waals surface area contributed by atoms with Crippen LogP contribution in [0.15, 0.2) is 48.5 Å². The lowest BCUT2D eigenvalue weighted by molar-refractivity contribution is -0.0854. The molecule has 1 atom stereocenters. The van der Waals surface area contributed by atoms with Crippen LogP contribution in [0.4, 0.5) is 0 Å². The molecule has 32 heavy (non-hydrogen) atoms. The van der Waals surface area contributed by atoms with Crippen molar-refractivity contribution >= 4 is 0 Å². The average Bonchev–Trinajstić information content (AvgIpc) is 2.83. The van der Waals surface area contributed by atoms with Gasteiger partial charge in [-0.3, -0.25) is 0 Å². The Labute approximate surface area is 194 Å².